The van der Waals surface area contributed by atoms with Crippen LogP contribution < -0.4 is 0 Å². The van der Waals surface area contributed by atoms with Crippen molar-refractivity contribution in [3.05, 3.63) is 35.4 Å². The third-order valence-electron chi connectivity index (χ3n) is 5.56. The third kappa shape index (κ3) is 2.48. The number of benzene rings is 1. The summed E-state index contributed by atoms with van der Waals surface area (Å²) in [6, 6.07) is 9.78. The second-order valence-electron chi connectivity index (χ2n) is 6.45. The molecule has 114 valence electrons. The zero-order chi connectivity index (χ0) is 15.0. The molecule has 0 aliphatic carbocycles. The van der Waals surface area contributed by atoms with Crippen LogP contribution >= 0.6 is 0 Å². The molecule has 2 saturated heterocycles. The number of rotatable bonds is 3. The Labute approximate surface area is 127 Å². The van der Waals surface area contributed by atoms with E-state index in [0.29, 0.717) is 18.0 Å². The first-order chi connectivity index (χ1) is 10.2. The molecule has 3 rings (SSSR count). The van der Waals surface area contributed by atoms with E-state index in [1.54, 1.807) is 0 Å². The molecule has 0 unspecified atom stereocenters. The Balaban J connectivity index is 1.92. The number of nitrogens with zero attached hydrogens (tertiary/aromatic N) is 1. The average molecular weight is 287 g/mol. The average Bonchev–Trinajstić information content (AvgIpc) is 2.76. The largest absolute Gasteiger partial charge is 0.469 e. The number of carbonyl (C=O) groups excluding carboxylic acids is 1. The highest BCUT2D eigenvalue weighted by molar-refractivity contribution is 5.75. The molecule has 2 fully saturated rings. The first-order valence-electron chi connectivity index (χ1n) is 8.04. The van der Waals surface area contributed by atoms with Crippen molar-refractivity contribution in [2.45, 2.75) is 50.6 Å². The zero-order valence-electron chi connectivity index (χ0n) is 13.2. The zero-order valence-corrected chi connectivity index (χ0v) is 13.2. The van der Waals surface area contributed by atoms with Crippen molar-refractivity contribution in [1.29, 1.82) is 0 Å². The van der Waals surface area contributed by atoms with Crippen molar-refractivity contribution < 1.29 is 9.53 Å². The summed E-state index contributed by atoms with van der Waals surface area (Å²) in [5, 5.41) is 0. The van der Waals surface area contributed by atoms with Gasteiger partial charge < -0.3 is 4.74 Å². The predicted molar refractivity (Wildman–Crippen MR) is 83.3 cm³/mol. The molecule has 0 saturated carbocycles. The molecule has 4 atom stereocenters. The van der Waals surface area contributed by atoms with Crippen LogP contribution in [0.25, 0.3) is 0 Å². The van der Waals surface area contributed by atoms with Crippen LogP contribution in [-0.2, 0) is 16.0 Å². The lowest BCUT2D eigenvalue weighted by molar-refractivity contribution is -0.150. The van der Waals surface area contributed by atoms with Crippen molar-refractivity contribution in [2.24, 2.45) is 5.92 Å². The van der Waals surface area contributed by atoms with Gasteiger partial charge in [-0.1, -0.05) is 31.2 Å². The van der Waals surface area contributed by atoms with E-state index in [1.807, 2.05) is 0 Å². The lowest BCUT2D eigenvalue weighted by Crippen LogP contribution is -2.49. The Morgan fingerprint density at radius 2 is 2.00 bits per heavy atom. The number of aryl methyl sites for hydroxylation is 1. The molecular weight excluding hydrogens is 262 g/mol. The summed E-state index contributed by atoms with van der Waals surface area (Å²) < 4.78 is 5.12. The standard InChI is InChI=1S/C18H25NO2/c1-4-12-5-7-13(8-6-12)15-11-14-9-10-16(19(14)2)17(15)18(20)21-3/h5-8,14-17H,4,9-11H2,1-3H3/t14-,15+,16+,17-/m0/s1. The van der Waals surface area contributed by atoms with Crippen molar-refractivity contribution >= 4 is 5.97 Å². The highest BCUT2D eigenvalue weighted by Crippen LogP contribution is 2.46. The summed E-state index contributed by atoms with van der Waals surface area (Å²) in [7, 11) is 3.68. The van der Waals surface area contributed by atoms with E-state index < -0.39 is 0 Å². The summed E-state index contributed by atoms with van der Waals surface area (Å²) >= 11 is 0. The van der Waals surface area contributed by atoms with Crippen LogP contribution in [0, 0.1) is 5.92 Å². The van der Waals surface area contributed by atoms with Gasteiger partial charge in [0.1, 0.15) is 0 Å². The van der Waals surface area contributed by atoms with Crippen LogP contribution in [0.15, 0.2) is 24.3 Å². The van der Waals surface area contributed by atoms with Crippen LogP contribution in [0.5, 0.6) is 0 Å². The first-order valence-corrected chi connectivity index (χ1v) is 8.04. The molecule has 2 aliphatic rings. The molecule has 0 spiro atoms. The Morgan fingerprint density at radius 1 is 1.29 bits per heavy atom. The number of esters is 1. The number of methoxy groups -OCH3 is 1. The molecule has 1 aromatic carbocycles. The van der Waals surface area contributed by atoms with Gasteiger partial charge in [0.25, 0.3) is 0 Å². The fraction of sp³-hybridized carbons (Fsp3) is 0.611. The van der Waals surface area contributed by atoms with Crippen LogP contribution in [0.1, 0.15) is 43.2 Å². The van der Waals surface area contributed by atoms with Gasteiger partial charge in [-0.3, -0.25) is 9.69 Å². The maximum atomic E-state index is 12.4. The molecule has 21 heavy (non-hydrogen) atoms. The minimum Gasteiger partial charge on any atom is -0.469 e. The number of carbonyl (C=O) groups is 1. The lowest BCUT2D eigenvalue weighted by Gasteiger charge is -2.41. The molecule has 3 nitrogen and oxygen atoms in total. The summed E-state index contributed by atoms with van der Waals surface area (Å²) in [6.07, 6.45) is 4.44. The summed E-state index contributed by atoms with van der Waals surface area (Å²) in [4.78, 5) is 14.8. The van der Waals surface area contributed by atoms with E-state index in [4.69, 9.17) is 4.74 Å². The maximum Gasteiger partial charge on any atom is 0.310 e. The molecular formula is C18H25NO2. The van der Waals surface area contributed by atoms with Crippen molar-refractivity contribution in [3.63, 3.8) is 0 Å². The molecule has 0 N–H and O–H groups in total. The second kappa shape index (κ2) is 5.80. The minimum atomic E-state index is -0.0447. The van der Waals surface area contributed by atoms with Gasteiger partial charge in [-0.15, -0.1) is 0 Å². The van der Waals surface area contributed by atoms with Crippen LogP contribution in [0.4, 0.5) is 0 Å². The smallest absolute Gasteiger partial charge is 0.310 e. The summed E-state index contributed by atoms with van der Waals surface area (Å²) in [5.41, 5.74) is 2.65. The van der Waals surface area contributed by atoms with Crippen molar-refractivity contribution in [1.82, 2.24) is 4.90 Å². The highest BCUT2D eigenvalue weighted by Gasteiger charge is 2.49. The SMILES string of the molecule is CCc1ccc([C@H]2C[C@@H]3CC[C@H]([C@H]2C(=O)OC)N3C)cc1. The van der Waals surface area contributed by atoms with E-state index >= 15 is 0 Å². The van der Waals surface area contributed by atoms with Gasteiger partial charge in [-0.25, -0.2) is 0 Å². The van der Waals surface area contributed by atoms with Crippen LogP contribution in [0.2, 0.25) is 0 Å². The molecule has 0 radical (unpaired) electrons. The van der Waals surface area contributed by atoms with E-state index in [0.717, 1.165) is 19.3 Å². The maximum absolute atomic E-state index is 12.4. The summed E-state index contributed by atoms with van der Waals surface area (Å²) in [6.45, 7) is 2.17. The molecule has 0 aromatic heterocycles. The van der Waals surface area contributed by atoms with Gasteiger partial charge in [-0.05, 0) is 43.9 Å². The van der Waals surface area contributed by atoms with Crippen LogP contribution in [0.3, 0.4) is 0 Å². The summed E-state index contributed by atoms with van der Waals surface area (Å²) in [5.74, 6) is 0.236. The molecule has 2 heterocycles. The monoisotopic (exact) mass is 287 g/mol. The number of piperidine rings is 1. The van der Waals surface area contributed by atoms with Gasteiger partial charge in [0.05, 0.1) is 13.0 Å². The van der Waals surface area contributed by atoms with Gasteiger partial charge >= 0.3 is 5.97 Å². The molecule has 0 amide bonds. The fourth-order valence-corrected chi connectivity index (χ4v) is 4.27. The lowest BCUT2D eigenvalue weighted by atomic mass is 9.76. The van der Waals surface area contributed by atoms with Gasteiger partial charge in [0.15, 0.2) is 0 Å². The molecule has 2 bridgehead atoms. The Hall–Kier alpha value is -1.35. The van der Waals surface area contributed by atoms with Crippen LogP contribution in [-0.4, -0.2) is 37.1 Å². The van der Waals surface area contributed by atoms with Gasteiger partial charge in [0, 0.05) is 18.0 Å². The van der Waals surface area contributed by atoms with Gasteiger partial charge in [0.2, 0.25) is 0 Å². The fourth-order valence-electron chi connectivity index (χ4n) is 4.27. The highest BCUT2D eigenvalue weighted by atomic mass is 16.5. The first kappa shape index (κ1) is 14.6. The van der Waals surface area contributed by atoms with Crippen molar-refractivity contribution in [3.8, 4) is 0 Å². The van der Waals surface area contributed by atoms with E-state index in [9.17, 15) is 4.79 Å². The van der Waals surface area contributed by atoms with E-state index in [2.05, 4.69) is 43.1 Å². The topological polar surface area (TPSA) is 29.5 Å². The van der Waals surface area contributed by atoms with Crippen molar-refractivity contribution in [2.75, 3.05) is 14.2 Å². The third-order valence-corrected chi connectivity index (χ3v) is 5.56. The number of fused-ring (bicyclic) bond motifs is 2. The number of hydrogen-bond acceptors (Lipinski definition) is 3. The van der Waals surface area contributed by atoms with E-state index in [-0.39, 0.29) is 11.9 Å². The normalized spacial score (nSPS) is 32.1. The van der Waals surface area contributed by atoms with E-state index in [1.165, 1.54) is 24.7 Å². The Kier molecular flexibility index (Phi) is 4.03. The quantitative estimate of drug-likeness (QED) is 0.800. The Bertz CT molecular complexity index is 510. The molecule has 2 aliphatic heterocycles. The Morgan fingerprint density at radius 3 is 2.62 bits per heavy atom. The minimum absolute atomic E-state index is 0.0220. The number of hydrogen-bond donors (Lipinski definition) is 0. The second-order valence-corrected chi connectivity index (χ2v) is 6.45. The predicted octanol–water partition coefficient (Wildman–Crippen LogP) is 2.99. The number of ether oxygens (including phenoxy) is 1. The molecule has 1 aromatic rings. The molecule has 3 heteroatoms. The van der Waals surface area contributed by atoms with Gasteiger partial charge in [-0.2, -0.15) is 0 Å².